The third kappa shape index (κ3) is 5.49. The summed E-state index contributed by atoms with van der Waals surface area (Å²) in [6.45, 7) is 3.82. The van der Waals surface area contributed by atoms with Crippen LogP contribution in [0, 0.1) is 0 Å². The number of anilines is 2. The van der Waals surface area contributed by atoms with Crippen LogP contribution in [0.15, 0.2) is 78.9 Å². The van der Waals surface area contributed by atoms with Gasteiger partial charge in [0, 0.05) is 30.8 Å². The van der Waals surface area contributed by atoms with E-state index < -0.39 is 13.2 Å². The van der Waals surface area contributed by atoms with Crippen molar-refractivity contribution in [2.75, 3.05) is 31.4 Å². The van der Waals surface area contributed by atoms with Gasteiger partial charge in [-0.2, -0.15) is 0 Å². The lowest BCUT2D eigenvalue weighted by Crippen LogP contribution is -2.22. The molecule has 5 nitrogen and oxygen atoms in total. The zero-order chi connectivity index (χ0) is 22.4. The van der Waals surface area contributed by atoms with Crippen molar-refractivity contribution in [3.63, 3.8) is 0 Å². The molecule has 0 fully saturated rings. The molecule has 0 saturated heterocycles. The summed E-state index contributed by atoms with van der Waals surface area (Å²) in [6, 6.07) is 25.2. The molecule has 3 aromatic carbocycles. The summed E-state index contributed by atoms with van der Waals surface area (Å²) < 4.78 is 26.2. The van der Waals surface area contributed by atoms with Crippen LogP contribution in [-0.4, -0.2) is 27.3 Å². The van der Waals surface area contributed by atoms with Gasteiger partial charge in [0.15, 0.2) is 0 Å². The number of benzene rings is 3. The lowest BCUT2D eigenvalue weighted by Gasteiger charge is -2.31. The average molecular weight is 439 g/mol. The van der Waals surface area contributed by atoms with E-state index >= 15 is 0 Å². The Bertz CT molecular complexity index is 1000. The molecule has 1 N–H and O–H groups in total. The van der Waals surface area contributed by atoms with Crippen LogP contribution in [-0.2, 0) is 9.09 Å². The Morgan fingerprint density at radius 2 is 1.48 bits per heavy atom. The number of para-hydroxylation sites is 1. The maximum Gasteiger partial charge on any atom is 0.258 e. The van der Waals surface area contributed by atoms with E-state index in [1.165, 1.54) is 0 Å². The summed E-state index contributed by atoms with van der Waals surface area (Å²) >= 11 is 0. The topological polar surface area (TPSA) is 50.8 Å². The molecule has 0 radical (unpaired) electrons. The van der Waals surface area contributed by atoms with E-state index in [4.69, 9.17) is 9.26 Å². The lowest BCUT2D eigenvalue weighted by molar-refractivity contribution is 0.245. The van der Waals surface area contributed by atoms with Gasteiger partial charge in [-0.05, 0) is 67.9 Å². The molecule has 0 heterocycles. The van der Waals surface area contributed by atoms with Gasteiger partial charge in [0.2, 0.25) is 0 Å². The summed E-state index contributed by atoms with van der Waals surface area (Å²) in [5, 5.41) is 4.15. The van der Waals surface area contributed by atoms with Crippen LogP contribution in [0.25, 0.3) is 0 Å². The van der Waals surface area contributed by atoms with Crippen LogP contribution in [0.1, 0.15) is 25.2 Å². The van der Waals surface area contributed by atoms with Crippen molar-refractivity contribution in [2.45, 2.75) is 25.7 Å². The second-order valence-electron chi connectivity index (χ2n) is 7.85. The largest absolute Gasteiger partial charge is 0.497 e. The first-order chi connectivity index (χ1) is 14.8. The molecule has 0 unspecified atom stereocenters. The summed E-state index contributed by atoms with van der Waals surface area (Å²) in [5.41, 5.74) is 2.78. The second kappa shape index (κ2) is 10.0. The highest BCUT2D eigenvalue weighted by atomic mass is 31.2. The Balaban J connectivity index is 2.12. The Morgan fingerprint density at radius 1 is 0.871 bits per heavy atom. The average Bonchev–Trinajstić information content (AvgIpc) is 2.78. The molecule has 3 aromatic rings. The summed E-state index contributed by atoms with van der Waals surface area (Å²) in [5.74, 6) is 0.186. The van der Waals surface area contributed by atoms with Crippen LogP contribution < -0.4 is 20.3 Å². The number of methoxy groups -OCH3 is 1. The number of hydrogen-bond acceptors (Lipinski definition) is 5. The Morgan fingerprint density at radius 3 is 2.00 bits per heavy atom. The predicted octanol–water partition coefficient (Wildman–Crippen LogP) is 5.90. The second-order valence-corrected chi connectivity index (χ2v) is 10.3. The van der Waals surface area contributed by atoms with Crippen LogP contribution >= 0.6 is 7.37 Å². The first-order valence-corrected chi connectivity index (χ1v) is 12.0. The lowest BCUT2D eigenvalue weighted by atomic mass is 10.2. The molecule has 0 aliphatic heterocycles. The molecular formula is C25H31N2O3P. The molecule has 0 aliphatic rings. The Hall–Kier alpha value is -2.75. The summed E-state index contributed by atoms with van der Waals surface area (Å²) in [7, 11) is 2.23. The van der Waals surface area contributed by atoms with Gasteiger partial charge in [-0.15, -0.1) is 0 Å². The van der Waals surface area contributed by atoms with Crippen molar-refractivity contribution >= 4 is 24.0 Å². The Labute approximate surface area is 185 Å². The molecule has 6 heteroatoms. The smallest absolute Gasteiger partial charge is 0.258 e. The highest BCUT2D eigenvalue weighted by molar-refractivity contribution is 7.67. The molecule has 0 spiro atoms. The zero-order valence-electron chi connectivity index (χ0n) is 18.8. The number of hydrogen-bond donors (Lipinski definition) is 1. The SMILES string of the molecule is COc1ccc([C@@H](Nc2ccccc2)[P@@](=O)(OC(C)C)c2ccc(N(C)C)cc2)cc1. The van der Waals surface area contributed by atoms with Gasteiger partial charge < -0.3 is 19.5 Å². The van der Waals surface area contributed by atoms with Crippen LogP contribution in [0.4, 0.5) is 11.4 Å². The molecule has 0 aromatic heterocycles. The van der Waals surface area contributed by atoms with E-state index in [9.17, 15) is 4.57 Å². The third-order valence-electron chi connectivity index (χ3n) is 4.94. The van der Waals surface area contributed by atoms with Crippen molar-refractivity contribution < 1.29 is 13.8 Å². The first kappa shape index (κ1) is 22.9. The normalized spacial score (nSPS) is 14.0. The zero-order valence-corrected chi connectivity index (χ0v) is 19.7. The molecule has 164 valence electrons. The number of nitrogens with zero attached hydrogens (tertiary/aromatic N) is 1. The molecule has 3 rings (SSSR count). The summed E-state index contributed by atoms with van der Waals surface area (Å²) in [6.07, 6.45) is -0.210. The molecule has 31 heavy (non-hydrogen) atoms. The van der Waals surface area contributed by atoms with Crippen molar-refractivity contribution in [3.8, 4) is 5.75 Å². The number of rotatable bonds is 9. The van der Waals surface area contributed by atoms with Gasteiger partial charge in [0.05, 0.1) is 13.2 Å². The molecule has 0 aliphatic carbocycles. The van der Waals surface area contributed by atoms with Gasteiger partial charge in [-0.1, -0.05) is 30.3 Å². The fraction of sp³-hybridized carbons (Fsp3) is 0.280. The van der Waals surface area contributed by atoms with Crippen molar-refractivity contribution in [1.29, 1.82) is 0 Å². The fourth-order valence-electron chi connectivity index (χ4n) is 3.39. The van der Waals surface area contributed by atoms with Crippen LogP contribution in [0.3, 0.4) is 0 Å². The number of ether oxygens (including phenoxy) is 1. The van der Waals surface area contributed by atoms with Gasteiger partial charge in [0.25, 0.3) is 7.37 Å². The van der Waals surface area contributed by atoms with Crippen LogP contribution in [0.5, 0.6) is 5.75 Å². The van der Waals surface area contributed by atoms with Gasteiger partial charge in [0.1, 0.15) is 11.5 Å². The minimum atomic E-state index is -3.37. The van der Waals surface area contributed by atoms with E-state index in [1.54, 1.807) is 7.11 Å². The molecule has 0 amide bonds. The third-order valence-corrected chi connectivity index (χ3v) is 7.80. The van der Waals surface area contributed by atoms with Crippen molar-refractivity contribution in [1.82, 2.24) is 0 Å². The maximum atomic E-state index is 14.6. The van der Waals surface area contributed by atoms with Crippen LogP contribution in [0.2, 0.25) is 0 Å². The van der Waals surface area contributed by atoms with Crippen molar-refractivity contribution in [2.24, 2.45) is 0 Å². The molecule has 2 atom stereocenters. The molecule has 0 saturated carbocycles. The number of nitrogens with one attached hydrogen (secondary N) is 1. The van der Waals surface area contributed by atoms with Crippen molar-refractivity contribution in [3.05, 3.63) is 84.4 Å². The first-order valence-electron chi connectivity index (χ1n) is 10.3. The minimum Gasteiger partial charge on any atom is -0.497 e. The molecule has 0 bridgehead atoms. The fourth-order valence-corrected chi connectivity index (χ4v) is 6.00. The highest BCUT2D eigenvalue weighted by Gasteiger charge is 2.38. The molecular weight excluding hydrogens is 407 g/mol. The predicted molar refractivity (Wildman–Crippen MR) is 130 cm³/mol. The van der Waals surface area contributed by atoms with E-state index in [0.717, 1.165) is 22.7 Å². The maximum absolute atomic E-state index is 14.6. The summed E-state index contributed by atoms with van der Waals surface area (Å²) in [4.78, 5) is 2.02. The van der Waals surface area contributed by atoms with E-state index in [0.29, 0.717) is 5.30 Å². The standard InChI is InChI=1S/C25H31N2O3P/c1-19(2)30-31(28,24-17-13-22(14-18-24)27(3)4)25(26-21-9-7-6-8-10-21)20-11-15-23(29-5)16-12-20/h6-19,25-26H,1-5H3/t25-,31-/m0/s1. The van der Waals surface area contributed by atoms with E-state index in [1.807, 2.05) is 112 Å². The van der Waals surface area contributed by atoms with Gasteiger partial charge >= 0.3 is 0 Å². The van der Waals surface area contributed by atoms with E-state index in [-0.39, 0.29) is 6.10 Å². The minimum absolute atomic E-state index is 0.210. The highest BCUT2D eigenvalue weighted by Crippen LogP contribution is 2.60. The van der Waals surface area contributed by atoms with Gasteiger partial charge in [-0.3, -0.25) is 4.57 Å². The van der Waals surface area contributed by atoms with Gasteiger partial charge in [-0.25, -0.2) is 0 Å². The quantitative estimate of drug-likeness (QED) is 0.422. The monoisotopic (exact) mass is 438 g/mol. The Kier molecular flexibility index (Phi) is 7.42. The van der Waals surface area contributed by atoms with E-state index in [2.05, 4.69) is 5.32 Å².